The van der Waals surface area contributed by atoms with E-state index in [1.165, 1.54) is 36.2 Å². The van der Waals surface area contributed by atoms with Crippen molar-refractivity contribution in [3.63, 3.8) is 0 Å². The lowest BCUT2D eigenvalue weighted by molar-refractivity contribution is -0.140. The molecule has 0 aliphatic rings. The molecule has 0 fully saturated rings. The molecule has 0 aliphatic carbocycles. The van der Waals surface area contributed by atoms with Gasteiger partial charge in [0.25, 0.3) is 10.0 Å². The van der Waals surface area contributed by atoms with Gasteiger partial charge in [0.1, 0.15) is 12.6 Å². The van der Waals surface area contributed by atoms with Crippen molar-refractivity contribution in [2.24, 2.45) is 0 Å². The third kappa shape index (κ3) is 6.70. The number of anilines is 1. The molecule has 0 saturated heterocycles. The fourth-order valence-electron chi connectivity index (χ4n) is 4.18. The van der Waals surface area contributed by atoms with Gasteiger partial charge in [-0.2, -0.15) is 0 Å². The molecule has 0 unspecified atom stereocenters. The Hall–Kier alpha value is -3.36. The lowest BCUT2D eigenvalue weighted by atomic mass is 10.1. The smallest absolute Gasteiger partial charge is 0.264 e. The Bertz CT molecular complexity index is 1360. The molecule has 3 aromatic carbocycles. The molecule has 7 nitrogen and oxygen atoms in total. The fourth-order valence-corrected chi connectivity index (χ4v) is 5.79. The van der Waals surface area contributed by atoms with Crippen LogP contribution in [-0.2, 0) is 26.2 Å². The number of likely N-dealkylation sites (N-methyl/N-ethyl adjacent to an activating group) is 1. The number of para-hydroxylation sites is 1. The van der Waals surface area contributed by atoms with Crippen LogP contribution in [0.15, 0.2) is 77.7 Å². The summed E-state index contributed by atoms with van der Waals surface area (Å²) in [7, 11) is -2.61. The van der Waals surface area contributed by atoms with E-state index < -0.39 is 28.5 Å². The molecule has 0 heterocycles. The molecular formula is C28H32ClN3O4S. The number of halogens is 1. The maximum atomic E-state index is 13.9. The minimum Gasteiger partial charge on any atom is -0.357 e. The molecule has 2 amide bonds. The first kappa shape index (κ1) is 28.2. The van der Waals surface area contributed by atoms with Crippen LogP contribution >= 0.6 is 11.6 Å². The van der Waals surface area contributed by atoms with E-state index in [1.807, 2.05) is 38.1 Å². The van der Waals surface area contributed by atoms with E-state index in [2.05, 4.69) is 5.32 Å². The summed E-state index contributed by atoms with van der Waals surface area (Å²) < 4.78 is 28.7. The monoisotopic (exact) mass is 541 g/mol. The highest BCUT2D eigenvalue weighted by atomic mass is 35.5. The van der Waals surface area contributed by atoms with Crippen LogP contribution in [0, 0.1) is 13.8 Å². The lowest BCUT2D eigenvalue weighted by Gasteiger charge is -2.33. The van der Waals surface area contributed by atoms with Gasteiger partial charge in [0.2, 0.25) is 11.8 Å². The summed E-state index contributed by atoms with van der Waals surface area (Å²) in [5.74, 6) is -0.802. The average molecular weight is 542 g/mol. The van der Waals surface area contributed by atoms with Gasteiger partial charge >= 0.3 is 0 Å². The van der Waals surface area contributed by atoms with Crippen LogP contribution in [0.25, 0.3) is 0 Å². The highest BCUT2D eigenvalue weighted by molar-refractivity contribution is 7.92. The zero-order valence-corrected chi connectivity index (χ0v) is 23.0. The van der Waals surface area contributed by atoms with Gasteiger partial charge in [-0.05, 0) is 61.7 Å². The fraction of sp³-hybridized carbons (Fsp3) is 0.286. The Balaban J connectivity index is 2.07. The van der Waals surface area contributed by atoms with Gasteiger partial charge < -0.3 is 10.2 Å². The molecule has 1 atom stereocenters. The summed E-state index contributed by atoms with van der Waals surface area (Å²) in [5, 5.41) is 3.03. The van der Waals surface area contributed by atoms with E-state index in [0.29, 0.717) is 22.7 Å². The van der Waals surface area contributed by atoms with E-state index >= 15 is 0 Å². The van der Waals surface area contributed by atoms with Gasteiger partial charge in [0.15, 0.2) is 0 Å². The highest BCUT2D eigenvalue weighted by Gasteiger charge is 2.33. The summed E-state index contributed by atoms with van der Waals surface area (Å²) in [6, 6.07) is 19.7. The van der Waals surface area contributed by atoms with Crippen molar-refractivity contribution < 1.29 is 18.0 Å². The number of nitrogens with one attached hydrogen (secondary N) is 1. The van der Waals surface area contributed by atoms with E-state index in [1.54, 1.807) is 31.2 Å². The van der Waals surface area contributed by atoms with Crippen molar-refractivity contribution in [2.75, 3.05) is 17.9 Å². The standard InChI is InChI=1S/C28H32ClN3O4S/c1-5-25(28(34)30-4)31(18-22-11-8-9-20(2)17-22)27(33)19-32(26-12-7-6-10-21(26)3)37(35,36)24-15-13-23(29)14-16-24/h6-17,25H,5,18-19H2,1-4H3,(H,30,34)/t25-/m1/s1. The Morgan fingerprint density at radius 2 is 1.65 bits per heavy atom. The van der Waals surface area contributed by atoms with Crippen LogP contribution in [0.1, 0.15) is 30.0 Å². The zero-order valence-electron chi connectivity index (χ0n) is 21.4. The molecule has 0 saturated carbocycles. The molecule has 9 heteroatoms. The van der Waals surface area contributed by atoms with E-state index in [0.717, 1.165) is 15.4 Å². The van der Waals surface area contributed by atoms with Crippen LogP contribution in [0.5, 0.6) is 0 Å². The summed E-state index contributed by atoms with van der Waals surface area (Å²) in [6.07, 6.45) is 0.367. The quantitative estimate of drug-likeness (QED) is 0.403. The topological polar surface area (TPSA) is 86.8 Å². The molecule has 37 heavy (non-hydrogen) atoms. The van der Waals surface area contributed by atoms with Gasteiger partial charge in [0.05, 0.1) is 10.6 Å². The molecular weight excluding hydrogens is 510 g/mol. The lowest BCUT2D eigenvalue weighted by Crippen LogP contribution is -2.51. The predicted molar refractivity (Wildman–Crippen MR) is 147 cm³/mol. The van der Waals surface area contributed by atoms with Gasteiger partial charge in [-0.15, -0.1) is 0 Å². The molecule has 196 valence electrons. The highest BCUT2D eigenvalue weighted by Crippen LogP contribution is 2.28. The average Bonchev–Trinajstić information content (AvgIpc) is 2.87. The minimum atomic E-state index is -4.13. The summed E-state index contributed by atoms with van der Waals surface area (Å²) in [4.78, 5) is 28.1. The molecule has 3 rings (SSSR count). The number of amides is 2. The van der Waals surface area contributed by atoms with Crippen molar-refractivity contribution in [2.45, 2.75) is 44.7 Å². The molecule has 1 N–H and O–H groups in total. The van der Waals surface area contributed by atoms with Gasteiger partial charge in [-0.3, -0.25) is 13.9 Å². The summed E-state index contributed by atoms with van der Waals surface area (Å²) in [5.41, 5.74) is 2.94. The number of rotatable bonds is 10. The van der Waals surface area contributed by atoms with Crippen LogP contribution < -0.4 is 9.62 Å². The van der Waals surface area contributed by atoms with Gasteiger partial charge in [-0.25, -0.2) is 8.42 Å². The first-order valence-corrected chi connectivity index (χ1v) is 13.8. The number of nitrogens with zero attached hydrogens (tertiary/aromatic N) is 2. The summed E-state index contributed by atoms with van der Waals surface area (Å²) in [6.45, 7) is 5.24. The van der Waals surface area contributed by atoms with Crippen molar-refractivity contribution in [1.82, 2.24) is 10.2 Å². The zero-order chi connectivity index (χ0) is 27.2. The van der Waals surface area contributed by atoms with Gasteiger partial charge in [0, 0.05) is 18.6 Å². The van der Waals surface area contributed by atoms with Crippen LogP contribution in [0.3, 0.4) is 0 Å². The second-order valence-electron chi connectivity index (χ2n) is 8.80. The van der Waals surface area contributed by atoms with Crippen molar-refractivity contribution in [3.05, 3.63) is 94.5 Å². The predicted octanol–water partition coefficient (Wildman–Crippen LogP) is 4.71. The number of hydrogen-bond donors (Lipinski definition) is 1. The van der Waals surface area contributed by atoms with E-state index in [-0.39, 0.29) is 17.3 Å². The Kier molecular flexibility index (Phi) is 9.34. The maximum absolute atomic E-state index is 13.9. The molecule has 0 aliphatic heterocycles. The Labute approximate surface area is 224 Å². The van der Waals surface area contributed by atoms with Crippen LogP contribution in [0.2, 0.25) is 5.02 Å². The van der Waals surface area contributed by atoms with Gasteiger partial charge in [-0.1, -0.05) is 66.6 Å². The van der Waals surface area contributed by atoms with E-state index in [9.17, 15) is 18.0 Å². The van der Waals surface area contributed by atoms with E-state index in [4.69, 9.17) is 11.6 Å². The molecule has 0 aromatic heterocycles. The Morgan fingerprint density at radius 1 is 0.973 bits per heavy atom. The number of sulfonamides is 1. The molecule has 0 spiro atoms. The largest absolute Gasteiger partial charge is 0.357 e. The first-order valence-electron chi connectivity index (χ1n) is 12.0. The number of benzene rings is 3. The number of carbonyl (C=O) groups is 2. The number of carbonyl (C=O) groups excluding carboxylic acids is 2. The first-order chi connectivity index (χ1) is 17.6. The molecule has 0 radical (unpaired) electrons. The SMILES string of the molecule is CC[C@H](C(=O)NC)N(Cc1cccc(C)c1)C(=O)CN(c1ccccc1C)S(=O)(=O)c1ccc(Cl)cc1. The third-order valence-corrected chi connectivity index (χ3v) is 8.16. The molecule has 3 aromatic rings. The Morgan fingerprint density at radius 3 is 2.24 bits per heavy atom. The van der Waals surface area contributed by atoms with Crippen LogP contribution in [0.4, 0.5) is 5.69 Å². The minimum absolute atomic E-state index is 0.0107. The third-order valence-electron chi connectivity index (χ3n) is 6.13. The van der Waals surface area contributed by atoms with Crippen molar-refractivity contribution >= 4 is 39.1 Å². The van der Waals surface area contributed by atoms with Crippen LogP contribution in [-0.4, -0.2) is 44.8 Å². The maximum Gasteiger partial charge on any atom is 0.264 e. The van der Waals surface area contributed by atoms with Crippen molar-refractivity contribution in [3.8, 4) is 0 Å². The molecule has 0 bridgehead atoms. The summed E-state index contributed by atoms with van der Waals surface area (Å²) >= 11 is 5.98. The normalized spacial score (nSPS) is 12.0. The second-order valence-corrected chi connectivity index (χ2v) is 11.1. The number of hydrogen-bond acceptors (Lipinski definition) is 4. The van der Waals surface area contributed by atoms with Crippen molar-refractivity contribution in [1.29, 1.82) is 0 Å². The number of aryl methyl sites for hydroxylation is 2. The second kappa shape index (κ2) is 12.3.